The monoisotopic (exact) mass is 414 g/mol. The van der Waals surface area contributed by atoms with Crippen LogP contribution in [0.2, 0.25) is 0 Å². The van der Waals surface area contributed by atoms with Gasteiger partial charge in [0.25, 0.3) is 0 Å². The Labute approximate surface area is 180 Å². The third kappa shape index (κ3) is 4.41. The Balaban J connectivity index is 0.00000140. The number of hydrogen-bond donors (Lipinski definition) is 0. The zero-order chi connectivity index (χ0) is 18.0. The minimum atomic E-state index is 0. The SMILES string of the molecule is CC1(C)C(c2ccncc2)CC(c2ccccc2)N1Cc1ccccc1.Cl.Cl. The summed E-state index contributed by atoms with van der Waals surface area (Å²) in [6, 6.07) is 26.6. The summed E-state index contributed by atoms with van der Waals surface area (Å²) in [6.07, 6.45) is 4.97. The van der Waals surface area contributed by atoms with Crippen molar-refractivity contribution in [2.24, 2.45) is 0 Å². The number of rotatable bonds is 4. The number of hydrogen-bond acceptors (Lipinski definition) is 2. The predicted octanol–water partition coefficient (Wildman–Crippen LogP) is 6.43. The Bertz CT molecular complexity index is 838. The molecule has 0 N–H and O–H groups in total. The Kier molecular flexibility index (Phi) is 7.65. The van der Waals surface area contributed by atoms with Crippen LogP contribution in [-0.4, -0.2) is 15.4 Å². The number of nitrogens with zero attached hydrogens (tertiary/aromatic N) is 2. The largest absolute Gasteiger partial charge is 0.286 e. The molecular weight excluding hydrogens is 387 g/mol. The van der Waals surface area contributed by atoms with Gasteiger partial charge in [-0.05, 0) is 49.1 Å². The summed E-state index contributed by atoms with van der Waals surface area (Å²) < 4.78 is 0. The first kappa shape index (κ1) is 22.4. The molecule has 1 aliphatic rings. The maximum Gasteiger partial charge on any atom is 0.0363 e. The lowest BCUT2D eigenvalue weighted by Crippen LogP contribution is -2.42. The van der Waals surface area contributed by atoms with Crippen molar-refractivity contribution in [3.63, 3.8) is 0 Å². The fourth-order valence-electron chi connectivity index (χ4n) is 4.47. The van der Waals surface area contributed by atoms with Crippen LogP contribution in [0, 0.1) is 0 Å². The minimum Gasteiger partial charge on any atom is -0.286 e. The van der Waals surface area contributed by atoms with Crippen LogP contribution in [0.5, 0.6) is 0 Å². The van der Waals surface area contributed by atoms with Crippen LogP contribution in [0.1, 0.15) is 48.9 Å². The van der Waals surface area contributed by atoms with Gasteiger partial charge >= 0.3 is 0 Å². The van der Waals surface area contributed by atoms with E-state index in [0.717, 1.165) is 13.0 Å². The van der Waals surface area contributed by atoms with Crippen LogP contribution in [0.3, 0.4) is 0 Å². The van der Waals surface area contributed by atoms with E-state index in [2.05, 4.69) is 96.5 Å². The summed E-state index contributed by atoms with van der Waals surface area (Å²) in [5.41, 5.74) is 4.24. The van der Waals surface area contributed by atoms with Gasteiger partial charge in [-0.1, -0.05) is 60.7 Å². The number of aromatic nitrogens is 1. The van der Waals surface area contributed by atoms with Gasteiger partial charge in [-0.15, -0.1) is 24.8 Å². The van der Waals surface area contributed by atoms with Crippen LogP contribution in [0.15, 0.2) is 85.2 Å². The zero-order valence-corrected chi connectivity index (χ0v) is 18.0. The van der Waals surface area contributed by atoms with Crippen molar-refractivity contribution in [3.8, 4) is 0 Å². The third-order valence-electron chi connectivity index (χ3n) is 5.92. The van der Waals surface area contributed by atoms with E-state index < -0.39 is 0 Å². The maximum absolute atomic E-state index is 4.21. The van der Waals surface area contributed by atoms with Gasteiger partial charge in [0.05, 0.1) is 0 Å². The van der Waals surface area contributed by atoms with Crippen LogP contribution in [0.4, 0.5) is 0 Å². The normalized spacial score (nSPS) is 20.8. The second kappa shape index (κ2) is 9.56. The number of likely N-dealkylation sites (tertiary alicyclic amines) is 1. The molecule has 0 radical (unpaired) electrons. The van der Waals surface area contributed by atoms with Crippen LogP contribution >= 0.6 is 24.8 Å². The van der Waals surface area contributed by atoms with Crippen molar-refractivity contribution in [2.45, 2.75) is 44.3 Å². The Hall–Kier alpha value is -1.87. The first-order valence-corrected chi connectivity index (χ1v) is 9.42. The van der Waals surface area contributed by atoms with E-state index in [-0.39, 0.29) is 30.4 Å². The highest BCUT2D eigenvalue weighted by atomic mass is 35.5. The van der Waals surface area contributed by atoms with E-state index in [0.29, 0.717) is 12.0 Å². The lowest BCUT2D eigenvalue weighted by atomic mass is 9.82. The molecule has 1 saturated heterocycles. The summed E-state index contributed by atoms with van der Waals surface area (Å²) in [5, 5.41) is 0. The molecule has 0 bridgehead atoms. The van der Waals surface area contributed by atoms with E-state index >= 15 is 0 Å². The van der Waals surface area contributed by atoms with Gasteiger partial charge in [0.1, 0.15) is 0 Å². The minimum absolute atomic E-state index is 0. The standard InChI is InChI=1S/C24H26N2.2ClH/c1-24(2)22(20-13-15-25-16-14-20)17-23(21-11-7-4-8-12-21)26(24)18-19-9-5-3-6-10-19;;/h3-16,22-23H,17-18H2,1-2H3;2*1H. The smallest absolute Gasteiger partial charge is 0.0363 e. The molecule has 28 heavy (non-hydrogen) atoms. The molecule has 0 spiro atoms. The first-order valence-electron chi connectivity index (χ1n) is 9.42. The van der Waals surface area contributed by atoms with Crippen molar-refractivity contribution in [1.29, 1.82) is 0 Å². The highest BCUT2D eigenvalue weighted by Crippen LogP contribution is 2.51. The number of halogens is 2. The quantitative estimate of drug-likeness (QED) is 0.488. The molecule has 1 aromatic heterocycles. The fraction of sp³-hybridized carbons (Fsp3) is 0.292. The van der Waals surface area contributed by atoms with Crippen LogP contribution in [-0.2, 0) is 6.54 Å². The van der Waals surface area contributed by atoms with Gasteiger partial charge in [-0.2, -0.15) is 0 Å². The molecule has 1 fully saturated rings. The van der Waals surface area contributed by atoms with E-state index in [9.17, 15) is 0 Å². The molecule has 0 amide bonds. The van der Waals surface area contributed by atoms with Gasteiger partial charge in [0.15, 0.2) is 0 Å². The Morgan fingerprint density at radius 3 is 2.00 bits per heavy atom. The van der Waals surface area contributed by atoms with Crippen LogP contribution < -0.4 is 0 Å². The van der Waals surface area contributed by atoms with Gasteiger partial charge in [-0.3, -0.25) is 9.88 Å². The van der Waals surface area contributed by atoms with E-state index in [1.165, 1.54) is 16.7 Å². The molecule has 4 rings (SSSR count). The van der Waals surface area contributed by atoms with Crippen molar-refractivity contribution in [2.75, 3.05) is 0 Å². The first-order chi connectivity index (χ1) is 12.7. The summed E-state index contributed by atoms with van der Waals surface area (Å²) in [4.78, 5) is 6.90. The molecule has 2 nitrogen and oxygen atoms in total. The topological polar surface area (TPSA) is 16.1 Å². The van der Waals surface area contributed by atoms with Crippen molar-refractivity contribution in [1.82, 2.24) is 9.88 Å². The van der Waals surface area contributed by atoms with Crippen molar-refractivity contribution in [3.05, 3.63) is 102 Å². The molecule has 2 aromatic carbocycles. The molecule has 3 aromatic rings. The summed E-state index contributed by atoms with van der Waals surface area (Å²) in [7, 11) is 0. The highest BCUT2D eigenvalue weighted by molar-refractivity contribution is 5.85. The van der Waals surface area contributed by atoms with E-state index in [1.54, 1.807) is 0 Å². The lowest BCUT2D eigenvalue weighted by Gasteiger charge is -2.39. The molecule has 1 aliphatic heterocycles. The average Bonchev–Trinajstić information content (AvgIpc) is 2.95. The second-order valence-electron chi connectivity index (χ2n) is 7.76. The molecule has 2 heterocycles. The molecular formula is C24H28Cl2N2. The van der Waals surface area contributed by atoms with Crippen molar-refractivity contribution >= 4 is 24.8 Å². The number of pyridine rings is 1. The van der Waals surface area contributed by atoms with Gasteiger partial charge in [-0.25, -0.2) is 0 Å². The predicted molar refractivity (Wildman–Crippen MR) is 121 cm³/mol. The van der Waals surface area contributed by atoms with E-state index in [4.69, 9.17) is 0 Å². The van der Waals surface area contributed by atoms with Gasteiger partial charge < -0.3 is 0 Å². The molecule has 4 heteroatoms. The third-order valence-corrected chi connectivity index (χ3v) is 5.92. The molecule has 2 atom stereocenters. The molecule has 0 aliphatic carbocycles. The highest BCUT2D eigenvalue weighted by Gasteiger charge is 2.47. The molecule has 148 valence electrons. The molecule has 0 saturated carbocycles. The summed E-state index contributed by atoms with van der Waals surface area (Å²) in [6.45, 7) is 5.75. The Morgan fingerprint density at radius 2 is 1.39 bits per heavy atom. The fourth-order valence-corrected chi connectivity index (χ4v) is 4.47. The van der Waals surface area contributed by atoms with Crippen molar-refractivity contribution < 1.29 is 0 Å². The Morgan fingerprint density at radius 1 is 0.821 bits per heavy atom. The average molecular weight is 415 g/mol. The second-order valence-corrected chi connectivity index (χ2v) is 7.76. The summed E-state index contributed by atoms with van der Waals surface area (Å²) >= 11 is 0. The van der Waals surface area contributed by atoms with E-state index in [1.807, 2.05) is 12.4 Å². The number of benzene rings is 2. The molecule has 2 unspecified atom stereocenters. The van der Waals surface area contributed by atoms with Gasteiger partial charge in [0, 0.05) is 36.4 Å². The van der Waals surface area contributed by atoms with Gasteiger partial charge in [0.2, 0.25) is 0 Å². The zero-order valence-electron chi connectivity index (χ0n) is 16.4. The maximum atomic E-state index is 4.21. The lowest BCUT2D eigenvalue weighted by molar-refractivity contribution is 0.112. The van der Waals surface area contributed by atoms with Crippen LogP contribution in [0.25, 0.3) is 0 Å². The summed E-state index contributed by atoms with van der Waals surface area (Å²) in [5.74, 6) is 0.486.